The molecule has 726 valence electrons. The lowest BCUT2D eigenvalue weighted by atomic mass is 10.1. The Labute approximate surface area is 759 Å². The second kappa shape index (κ2) is 49.4. The number of amides is 14. The van der Waals surface area contributed by atoms with Gasteiger partial charge in [-0.25, -0.2) is 33.6 Å². The van der Waals surface area contributed by atoms with Crippen LogP contribution >= 0.6 is 0 Å². The third kappa shape index (κ3) is 32.1. The van der Waals surface area contributed by atoms with Crippen molar-refractivity contribution in [3.8, 4) is 0 Å². The number of primary amides is 1. The number of benzene rings is 1. The number of aryl methyl sites for hydroxylation is 6. The summed E-state index contributed by atoms with van der Waals surface area (Å²) in [5.41, 5.74) is -1.58. The summed E-state index contributed by atoms with van der Waals surface area (Å²) < 4.78 is 4.81. The third-order valence-electron chi connectivity index (χ3n) is 20.3. The molecule has 6 aromatic heterocycles. The first-order valence-corrected chi connectivity index (χ1v) is 41.4. The molecule has 7 aromatic rings. The summed E-state index contributed by atoms with van der Waals surface area (Å²) in [6.07, 6.45) is 7.18. The summed E-state index contributed by atoms with van der Waals surface area (Å²) in [6, 6.07) is 2.12. The second-order valence-electron chi connectivity index (χ2n) is 30.9. The molecule has 0 aliphatic carbocycles. The monoisotopic (exact) mass is 1890 g/mol. The maximum Gasteiger partial charge on any atom is 0.337 e. The molecule has 1 aromatic carbocycles. The van der Waals surface area contributed by atoms with Crippen LogP contribution in [-0.4, -0.2) is 298 Å². The first-order valence-electron chi connectivity index (χ1n) is 41.4. The minimum absolute atomic E-state index is 0.0123. The first-order chi connectivity index (χ1) is 63.7. The number of anilines is 1. The second-order valence-corrected chi connectivity index (χ2v) is 30.9. The Kier molecular flexibility index (Phi) is 38.5. The van der Waals surface area contributed by atoms with E-state index in [2.05, 4.69) is 42.2 Å². The van der Waals surface area contributed by atoms with Gasteiger partial charge in [-0.1, -0.05) is 12.1 Å². The molecular formula is C80H103N27O28. The largest absolute Gasteiger partial charge is 0.478 e. The molecule has 0 fully saturated rings. The normalized spacial score (nSPS) is 11.1. The summed E-state index contributed by atoms with van der Waals surface area (Å²) in [4.78, 5) is 375. The number of unbranched alkanes of at least 4 members (excludes halogenated alkanes) is 1. The maximum atomic E-state index is 14.7. The van der Waals surface area contributed by atoms with Gasteiger partial charge < -0.3 is 83.2 Å². The number of carboxylic acids is 1. The number of hydrogen-bond donors (Lipinski definition) is 16. The first kappa shape index (κ1) is 105. The predicted molar refractivity (Wildman–Crippen MR) is 471 cm³/mol. The SMILES string of the molecule is CC(=O)NCCN(CC(=O)NCCN(CC(=O)NCCN(CC(=O)Nc1c(CN(CC(=O)NCCN(CC(=O)NCCN(CC(=O)NC(CCCCN)C(N)=O)C(=O)Cn2cc(C)c(=O)[nH]c2=O)C(=O)Cn2cc(C)c(=O)[nH]c2=O)C(=O)Cn2cc(C)c(=O)[nH]c2=O)cccc1C(=O)O)C(=O)Cn1cc(C)c(=O)[nH]c1=O)C(=O)Cn1cc(C)c(=O)[nH]c1=O)C(=O)Cn1cc(C)c(=O)[nH]c1=O. The molecule has 55 nitrogen and oxygen atoms in total. The molecular weight excluding hydrogens is 1790 g/mol. The molecule has 7 rings (SSSR count). The Bertz CT molecular complexity index is 6500. The number of carbonyl (C=O) groups excluding carboxylic acids is 14. The number of carbonyl (C=O) groups is 15. The maximum absolute atomic E-state index is 14.7. The average Bonchev–Trinajstić information content (AvgIpc) is 0.817. The van der Waals surface area contributed by atoms with Crippen LogP contribution in [0.25, 0.3) is 0 Å². The van der Waals surface area contributed by atoms with E-state index in [1.807, 2.05) is 24.9 Å². The van der Waals surface area contributed by atoms with Crippen molar-refractivity contribution in [3.63, 3.8) is 0 Å². The molecule has 14 amide bonds. The van der Waals surface area contributed by atoms with Crippen molar-refractivity contribution in [2.45, 2.75) is 120 Å². The van der Waals surface area contributed by atoms with Crippen molar-refractivity contribution in [2.24, 2.45) is 11.5 Å². The van der Waals surface area contributed by atoms with Crippen LogP contribution in [0.4, 0.5) is 5.69 Å². The molecule has 1 unspecified atom stereocenters. The van der Waals surface area contributed by atoms with Crippen LogP contribution in [-0.2, 0) is 113 Å². The van der Waals surface area contributed by atoms with Crippen molar-refractivity contribution in [3.05, 3.63) is 225 Å². The van der Waals surface area contributed by atoms with Crippen LogP contribution in [0.2, 0.25) is 0 Å². The van der Waals surface area contributed by atoms with Gasteiger partial charge in [-0.2, -0.15) is 0 Å². The molecule has 0 aliphatic rings. The van der Waals surface area contributed by atoms with Crippen molar-refractivity contribution < 1.29 is 77.0 Å². The third-order valence-corrected chi connectivity index (χ3v) is 20.3. The summed E-state index contributed by atoms with van der Waals surface area (Å²) in [5, 5.41) is 27.9. The van der Waals surface area contributed by atoms with Gasteiger partial charge >= 0.3 is 40.1 Å². The number of carboxylic acid groups (broad SMARTS) is 1. The van der Waals surface area contributed by atoms with Gasteiger partial charge in [-0.15, -0.1) is 0 Å². The summed E-state index contributed by atoms with van der Waals surface area (Å²) in [7, 11) is 0. The van der Waals surface area contributed by atoms with Gasteiger partial charge in [-0.05, 0) is 79.0 Å². The number of aromatic amines is 6. The Morgan fingerprint density at radius 1 is 0.363 bits per heavy atom. The lowest BCUT2D eigenvalue weighted by molar-refractivity contribution is -0.138. The number of nitrogens with zero attached hydrogens (tertiary/aromatic N) is 12. The van der Waals surface area contributed by atoms with E-state index in [9.17, 15) is 135 Å². The van der Waals surface area contributed by atoms with Gasteiger partial charge in [0.25, 0.3) is 33.4 Å². The molecule has 0 aliphatic heterocycles. The quantitative estimate of drug-likeness (QED) is 0.0157. The fraction of sp³-hybridized carbons (Fsp3) is 0.438. The van der Waals surface area contributed by atoms with Gasteiger partial charge in [0.15, 0.2) is 0 Å². The zero-order valence-corrected chi connectivity index (χ0v) is 74.4. The fourth-order valence-corrected chi connectivity index (χ4v) is 13.0. The molecule has 55 heteroatoms. The van der Waals surface area contributed by atoms with E-state index >= 15 is 0 Å². The molecule has 0 saturated heterocycles. The minimum Gasteiger partial charge on any atom is -0.478 e. The zero-order valence-electron chi connectivity index (χ0n) is 74.4. The van der Waals surface area contributed by atoms with Crippen LogP contribution < -0.4 is 116 Å². The van der Waals surface area contributed by atoms with Crippen LogP contribution in [0, 0.1) is 41.5 Å². The molecule has 135 heavy (non-hydrogen) atoms. The molecule has 18 N–H and O–H groups in total. The van der Waals surface area contributed by atoms with E-state index in [0.29, 0.717) is 12.8 Å². The summed E-state index contributed by atoms with van der Waals surface area (Å²) in [5.74, 6) is -15.2. The molecule has 0 saturated carbocycles. The standard InChI is InChI=1S/C80H103N27O28/c1-44-25-102(75(130)90-68(44)122)38-60(115)96(20-15-83-50(7)108)32-54(109)84-16-21-97(61(116)39-103-26-45(2)69(123)91-76(103)131)33-56(111)86-19-24-100(64(119)42-106-29-48(5)72(126)94-79(106)134)37-59(114)89-66-51(11-10-12-52(66)74(128)129)31-101(65(120)43-107-30-49(6)73(127)95-80(107)135)35-57(112)87-17-22-98(62(117)40-104-27-46(3)70(124)92-77(104)132)34-55(110)85-18-23-99(36-58(113)88-53(67(82)121)13-8-9-14-81)63(118)41-105-28-47(4)71(125)93-78(105)133/h10-12,25-30,53H,8-9,13-24,31-43,81H2,1-7H3,(H2,82,121)(H,83,108)(H,84,109)(H,85,110)(H,86,111)(H,87,112)(H,88,113)(H,89,114)(H,128,129)(H,90,122,130)(H,91,123,131)(H,92,124,132)(H,93,125,133)(H,94,126,134)(H,95,127,135). The molecule has 0 spiro atoms. The zero-order chi connectivity index (χ0) is 99.9. The van der Waals surface area contributed by atoms with Crippen LogP contribution in [0.15, 0.2) is 113 Å². The smallest absolute Gasteiger partial charge is 0.337 e. The van der Waals surface area contributed by atoms with Crippen LogP contribution in [0.3, 0.4) is 0 Å². The van der Waals surface area contributed by atoms with Crippen molar-refractivity contribution in [2.75, 3.05) is 117 Å². The van der Waals surface area contributed by atoms with Crippen molar-refractivity contribution >= 4 is 94.4 Å². The number of para-hydroxylation sites is 1. The lowest BCUT2D eigenvalue weighted by Gasteiger charge is -2.27. The van der Waals surface area contributed by atoms with Gasteiger partial charge in [0, 0.05) is 149 Å². The van der Waals surface area contributed by atoms with Gasteiger partial charge in [0.05, 0.1) is 50.5 Å². The Balaban J connectivity index is 1.13. The highest BCUT2D eigenvalue weighted by molar-refractivity contribution is 6.03. The van der Waals surface area contributed by atoms with E-state index in [0.717, 1.165) is 106 Å². The lowest BCUT2D eigenvalue weighted by Crippen LogP contribution is -2.51. The van der Waals surface area contributed by atoms with Crippen LogP contribution in [0.1, 0.15) is 75.5 Å². The number of aromatic nitrogens is 12. The molecule has 6 heterocycles. The number of rotatable bonds is 49. The number of H-pyrrole nitrogens is 6. The van der Waals surface area contributed by atoms with Crippen molar-refractivity contribution in [1.82, 2.24) is 119 Å². The Hall–Kier alpha value is -16.7. The van der Waals surface area contributed by atoms with Crippen LogP contribution in [0.5, 0.6) is 0 Å². The highest BCUT2D eigenvalue weighted by atomic mass is 16.4. The topological polar surface area (TPSA) is 761 Å². The van der Waals surface area contributed by atoms with E-state index in [1.165, 1.54) is 54.5 Å². The number of nitrogens with two attached hydrogens (primary N) is 2. The highest BCUT2D eigenvalue weighted by Gasteiger charge is 2.30. The average molecular weight is 1890 g/mol. The molecule has 1 atom stereocenters. The Morgan fingerprint density at radius 3 is 0.889 bits per heavy atom. The number of nitrogens with one attached hydrogen (secondary N) is 13. The minimum atomic E-state index is -1.73. The number of aromatic carboxylic acids is 1. The molecule has 0 bridgehead atoms. The molecule has 0 radical (unpaired) electrons. The van der Waals surface area contributed by atoms with E-state index in [-0.39, 0.29) is 65.0 Å². The Morgan fingerprint density at radius 2 is 0.622 bits per heavy atom. The predicted octanol–water partition coefficient (Wildman–Crippen LogP) is -12.4. The fourth-order valence-electron chi connectivity index (χ4n) is 13.0. The van der Waals surface area contributed by atoms with Gasteiger partial charge in [0.1, 0.15) is 45.3 Å². The highest BCUT2D eigenvalue weighted by Crippen LogP contribution is 2.24. The van der Waals surface area contributed by atoms with E-state index in [4.69, 9.17) is 11.5 Å². The van der Waals surface area contributed by atoms with Gasteiger partial charge in [0.2, 0.25) is 82.7 Å². The van der Waals surface area contributed by atoms with E-state index < -0.39 is 311 Å². The van der Waals surface area contributed by atoms with Gasteiger partial charge in [-0.3, -0.25) is 153 Å². The van der Waals surface area contributed by atoms with E-state index in [1.54, 1.807) is 0 Å². The summed E-state index contributed by atoms with van der Waals surface area (Å²) >= 11 is 0. The summed E-state index contributed by atoms with van der Waals surface area (Å²) in [6.45, 7) is -6.94. The number of hydrogen-bond acceptors (Lipinski definition) is 28. The van der Waals surface area contributed by atoms with Crippen molar-refractivity contribution in [1.29, 1.82) is 0 Å².